The van der Waals surface area contributed by atoms with Crippen molar-refractivity contribution in [3.05, 3.63) is 138 Å². The fourth-order valence-electron chi connectivity index (χ4n) is 7.55. The molecule has 3 nitrogen and oxygen atoms in total. The van der Waals surface area contributed by atoms with Gasteiger partial charge in [-0.05, 0) is 78.5 Å². The maximum atomic E-state index is 6.64. The molecule has 0 aliphatic carbocycles. The van der Waals surface area contributed by atoms with Gasteiger partial charge in [0.05, 0.1) is 17.1 Å². The van der Waals surface area contributed by atoms with E-state index in [1.165, 1.54) is 71.2 Å². The van der Waals surface area contributed by atoms with Gasteiger partial charge in [-0.25, -0.2) is 0 Å². The fourth-order valence-corrected chi connectivity index (χ4v) is 8.66. The molecule has 6 aromatic carbocycles. The molecule has 0 unspecified atom stereocenters. The van der Waals surface area contributed by atoms with Gasteiger partial charge in [0.15, 0.2) is 7.28 Å². The van der Waals surface area contributed by atoms with Crippen molar-refractivity contribution in [1.82, 2.24) is 0 Å². The number of para-hydroxylation sites is 4. The summed E-state index contributed by atoms with van der Waals surface area (Å²) in [5.74, 6) is 1.83. The Bertz CT molecular complexity index is 2240. The minimum absolute atomic E-state index is 0.228. The van der Waals surface area contributed by atoms with E-state index in [-0.39, 0.29) is 5.41 Å². The number of aryl methyl sites for hydroxylation is 2. The molecule has 0 amide bonds. The second-order valence-electron chi connectivity index (χ2n) is 13.2. The van der Waals surface area contributed by atoms with Crippen LogP contribution in [0.2, 0.25) is 0 Å². The summed E-state index contributed by atoms with van der Waals surface area (Å²) in [4.78, 5) is 5.12. The van der Waals surface area contributed by atoms with Crippen LogP contribution in [0.15, 0.2) is 125 Å². The van der Waals surface area contributed by atoms with E-state index in [4.69, 9.17) is 4.74 Å². The summed E-state index contributed by atoms with van der Waals surface area (Å²) in [7, 11) is 0.872. The molecule has 1 N–H and O–H groups in total. The normalized spacial score (nSPS) is 14.5. The first-order chi connectivity index (χ1) is 22.4. The second-order valence-corrected chi connectivity index (χ2v) is 14.3. The molecule has 3 aliphatic heterocycles. The number of anilines is 5. The third-order valence-electron chi connectivity index (χ3n) is 9.89. The number of hydrogen-bond donors (Lipinski definition) is 1. The molecule has 3 heterocycles. The average Bonchev–Trinajstić information content (AvgIpc) is 3.05. The van der Waals surface area contributed by atoms with Crippen LogP contribution in [0, 0.1) is 13.8 Å². The summed E-state index contributed by atoms with van der Waals surface area (Å²) in [6, 6.07) is 41.9. The SMILES string of the molecule is Cc1cc(-c2cc3c(cc2Nc2ccccc2C)Oc2ccccc2C3(C)C)c2c(c1)N1c3ccccc3Sc3cccc(c31)B2. The maximum Gasteiger partial charge on any atom is 0.198 e. The van der Waals surface area contributed by atoms with Crippen LogP contribution in [-0.2, 0) is 5.41 Å². The first kappa shape index (κ1) is 27.4. The van der Waals surface area contributed by atoms with E-state index in [0.717, 1.165) is 30.2 Å². The van der Waals surface area contributed by atoms with Crippen molar-refractivity contribution in [2.75, 3.05) is 10.2 Å². The highest BCUT2D eigenvalue weighted by Crippen LogP contribution is 2.53. The van der Waals surface area contributed by atoms with E-state index in [2.05, 4.69) is 153 Å². The van der Waals surface area contributed by atoms with Gasteiger partial charge in [-0.2, -0.15) is 0 Å². The average molecular weight is 613 g/mol. The van der Waals surface area contributed by atoms with Crippen molar-refractivity contribution in [3.63, 3.8) is 0 Å². The molecule has 0 spiro atoms. The highest BCUT2D eigenvalue weighted by Gasteiger charge is 2.37. The third-order valence-corrected chi connectivity index (χ3v) is 11.0. The highest BCUT2D eigenvalue weighted by atomic mass is 32.2. The summed E-state index contributed by atoms with van der Waals surface area (Å²) >= 11 is 1.88. The van der Waals surface area contributed by atoms with Crippen molar-refractivity contribution >= 4 is 58.4 Å². The fraction of sp³-hybridized carbons (Fsp3) is 0.122. The largest absolute Gasteiger partial charge is 0.457 e. The molecular formula is C41H33BN2OS. The van der Waals surface area contributed by atoms with Crippen molar-refractivity contribution < 1.29 is 4.74 Å². The molecule has 46 heavy (non-hydrogen) atoms. The Morgan fingerprint density at radius 3 is 2.35 bits per heavy atom. The van der Waals surface area contributed by atoms with Crippen LogP contribution in [0.1, 0.15) is 36.1 Å². The van der Waals surface area contributed by atoms with E-state index in [9.17, 15) is 0 Å². The Labute approximate surface area is 275 Å². The van der Waals surface area contributed by atoms with Crippen LogP contribution >= 0.6 is 11.8 Å². The van der Waals surface area contributed by atoms with Crippen LogP contribution in [0.5, 0.6) is 11.5 Å². The predicted octanol–water partition coefficient (Wildman–Crippen LogP) is 9.78. The van der Waals surface area contributed by atoms with Gasteiger partial charge < -0.3 is 15.0 Å². The molecule has 0 saturated heterocycles. The molecule has 0 atom stereocenters. The standard InChI is InChI=1S/C41H33BN2OS/c1-24-20-27(39-34(21-24)44-33-16-8-10-18-37(33)46-38-19-11-14-30(42-39)40(38)44)26-22-29-36(23-32(26)43-31-15-7-5-12-25(31)2)45-35-17-9-6-13-28(35)41(29,3)4/h5-23,42-43H,1-4H3. The zero-order valence-corrected chi connectivity index (χ0v) is 27.3. The number of hydrogen-bond acceptors (Lipinski definition) is 4. The minimum atomic E-state index is -0.228. The Hall–Kier alpha value is -4.87. The monoisotopic (exact) mass is 612 g/mol. The quantitative estimate of drug-likeness (QED) is 0.201. The number of benzene rings is 6. The van der Waals surface area contributed by atoms with Crippen molar-refractivity contribution in [1.29, 1.82) is 0 Å². The molecule has 9 rings (SSSR count). The topological polar surface area (TPSA) is 24.5 Å². The molecule has 0 radical (unpaired) electrons. The minimum Gasteiger partial charge on any atom is -0.457 e. The zero-order valence-electron chi connectivity index (χ0n) is 26.4. The molecule has 3 aliphatic rings. The summed E-state index contributed by atoms with van der Waals surface area (Å²) in [6.45, 7) is 9.02. The van der Waals surface area contributed by atoms with Crippen LogP contribution in [-0.4, -0.2) is 7.28 Å². The van der Waals surface area contributed by atoms with Crippen molar-refractivity contribution in [2.24, 2.45) is 0 Å². The Balaban J connectivity index is 1.31. The lowest BCUT2D eigenvalue weighted by molar-refractivity contribution is 0.418. The number of rotatable bonds is 3. The van der Waals surface area contributed by atoms with E-state index in [0.29, 0.717) is 0 Å². The molecular weight excluding hydrogens is 579 g/mol. The zero-order chi connectivity index (χ0) is 31.2. The number of nitrogens with one attached hydrogen (secondary N) is 1. The van der Waals surface area contributed by atoms with E-state index < -0.39 is 0 Å². The molecule has 0 fully saturated rings. The van der Waals surface area contributed by atoms with Crippen molar-refractivity contribution in [3.8, 4) is 22.6 Å². The van der Waals surface area contributed by atoms with Crippen LogP contribution in [0.3, 0.4) is 0 Å². The number of fused-ring (bicyclic) bond motifs is 6. The van der Waals surface area contributed by atoms with E-state index >= 15 is 0 Å². The predicted molar refractivity (Wildman–Crippen MR) is 195 cm³/mol. The summed E-state index contributed by atoms with van der Waals surface area (Å²) < 4.78 is 6.64. The molecule has 0 bridgehead atoms. The highest BCUT2D eigenvalue weighted by molar-refractivity contribution is 7.99. The number of nitrogens with zero attached hydrogens (tertiary/aromatic N) is 1. The van der Waals surface area contributed by atoms with Gasteiger partial charge >= 0.3 is 0 Å². The lowest BCUT2D eigenvalue weighted by Gasteiger charge is -2.40. The molecule has 6 aromatic rings. The molecule has 0 aromatic heterocycles. The molecule has 0 saturated carbocycles. The number of ether oxygens (including phenoxy) is 1. The van der Waals surface area contributed by atoms with Gasteiger partial charge in [0.1, 0.15) is 11.5 Å². The van der Waals surface area contributed by atoms with Gasteiger partial charge in [-0.3, -0.25) is 0 Å². The van der Waals surface area contributed by atoms with Crippen molar-refractivity contribution in [2.45, 2.75) is 42.9 Å². The lowest BCUT2D eigenvalue weighted by atomic mass is 9.58. The summed E-state index contributed by atoms with van der Waals surface area (Å²) in [5.41, 5.74) is 15.8. The Kier molecular flexibility index (Phi) is 6.01. The summed E-state index contributed by atoms with van der Waals surface area (Å²) in [6.07, 6.45) is 0. The van der Waals surface area contributed by atoms with Gasteiger partial charge in [-0.15, -0.1) is 0 Å². The lowest BCUT2D eigenvalue weighted by Crippen LogP contribution is -2.42. The van der Waals surface area contributed by atoms with E-state index in [1.807, 2.05) is 11.8 Å². The third kappa shape index (κ3) is 4.08. The Morgan fingerprint density at radius 1 is 0.674 bits per heavy atom. The van der Waals surface area contributed by atoms with Gasteiger partial charge in [-0.1, -0.05) is 97.8 Å². The summed E-state index contributed by atoms with van der Waals surface area (Å²) in [5, 5.41) is 3.85. The van der Waals surface area contributed by atoms with Gasteiger partial charge in [0.25, 0.3) is 0 Å². The maximum absolute atomic E-state index is 6.64. The van der Waals surface area contributed by atoms with Crippen LogP contribution in [0.25, 0.3) is 11.1 Å². The van der Waals surface area contributed by atoms with E-state index in [1.54, 1.807) is 0 Å². The second kappa shape index (κ2) is 10.1. The molecule has 222 valence electrons. The first-order valence-corrected chi connectivity index (χ1v) is 16.8. The Morgan fingerprint density at radius 2 is 1.46 bits per heavy atom. The van der Waals surface area contributed by atoms with Gasteiger partial charge in [0, 0.05) is 49.3 Å². The van der Waals surface area contributed by atoms with Crippen LogP contribution in [0.4, 0.5) is 28.4 Å². The molecule has 5 heteroatoms. The van der Waals surface area contributed by atoms with Gasteiger partial charge in [0.2, 0.25) is 0 Å². The first-order valence-electron chi connectivity index (χ1n) is 16.0. The van der Waals surface area contributed by atoms with Crippen LogP contribution < -0.4 is 25.9 Å². The smallest absolute Gasteiger partial charge is 0.198 e.